The van der Waals surface area contributed by atoms with Gasteiger partial charge < -0.3 is 10.6 Å². The lowest BCUT2D eigenvalue weighted by atomic mass is 9.95. The summed E-state index contributed by atoms with van der Waals surface area (Å²) < 4.78 is 0. The fraction of sp³-hybridized carbons (Fsp3) is 0.200. The van der Waals surface area contributed by atoms with Gasteiger partial charge in [0, 0.05) is 18.4 Å². The molecule has 4 nitrogen and oxygen atoms in total. The number of hydrogen-bond donors (Lipinski definition) is 2. The third kappa shape index (κ3) is 2.81. The van der Waals surface area contributed by atoms with Crippen LogP contribution < -0.4 is 10.6 Å². The molecule has 0 aliphatic carbocycles. The molecule has 0 unspecified atom stereocenters. The van der Waals surface area contributed by atoms with Crippen LogP contribution in [0.2, 0.25) is 5.15 Å². The third-order valence-electron chi connectivity index (χ3n) is 3.39. The van der Waals surface area contributed by atoms with Crippen molar-refractivity contribution >= 4 is 23.2 Å². The number of nitrogens with zero attached hydrogens (tertiary/aromatic N) is 1. The van der Waals surface area contributed by atoms with Gasteiger partial charge in [0.2, 0.25) is 5.91 Å². The Morgan fingerprint density at radius 1 is 1.30 bits per heavy atom. The molecule has 0 fully saturated rings. The lowest BCUT2D eigenvalue weighted by Gasteiger charge is -2.25. The molecule has 5 heteroatoms. The first-order chi connectivity index (χ1) is 9.72. The highest BCUT2D eigenvalue weighted by atomic mass is 35.5. The van der Waals surface area contributed by atoms with Crippen LogP contribution in [0.1, 0.15) is 11.1 Å². The summed E-state index contributed by atoms with van der Waals surface area (Å²) in [6.07, 6.45) is 2.27. The number of carbonyl (C=O) groups is 1. The van der Waals surface area contributed by atoms with E-state index in [0.29, 0.717) is 23.8 Å². The Balaban J connectivity index is 1.70. The summed E-state index contributed by atoms with van der Waals surface area (Å²) in [5.74, 6) is -0.0539. The molecule has 1 aromatic heterocycles. The number of fused-ring (bicyclic) bond motifs is 1. The average molecular weight is 288 g/mol. The number of hydrogen-bond acceptors (Lipinski definition) is 3. The van der Waals surface area contributed by atoms with E-state index in [1.54, 1.807) is 18.3 Å². The number of benzene rings is 1. The molecule has 0 radical (unpaired) electrons. The Hall–Kier alpha value is -1.91. The van der Waals surface area contributed by atoms with Crippen LogP contribution in [0.25, 0.3) is 0 Å². The highest BCUT2D eigenvalue weighted by molar-refractivity contribution is 6.29. The SMILES string of the molecule is O=C(Nc1ccnc(Cl)c1)[C@@H]1Cc2ccccc2CN1. The maximum atomic E-state index is 12.3. The molecule has 2 aromatic rings. The number of halogens is 1. The fourth-order valence-corrected chi connectivity index (χ4v) is 2.52. The molecule has 2 heterocycles. The van der Waals surface area contributed by atoms with Gasteiger partial charge in [0.05, 0.1) is 6.04 Å². The molecule has 0 saturated carbocycles. The van der Waals surface area contributed by atoms with E-state index in [-0.39, 0.29) is 11.9 Å². The number of anilines is 1. The molecule has 0 saturated heterocycles. The van der Waals surface area contributed by atoms with Gasteiger partial charge in [-0.05, 0) is 29.7 Å². The Labute approximate surface area is 122 Å². The Bertz CT molecular complexity index is 645. The highest BCUT2D eigenvalue weighted by Gasteiger charge is 2.23. The number of nitrogens with one attached hydrogen (secondary N) is 2. The van der Waals surface area contributed by atoms with E-state index < -0.39 is 0 Å². The van der Waals surface area contributed by atoms with E-state index in [4.69, 9.17) is 11.6 Å². The van der Waals surface area contributed by atoms with Crippen LogP contribution in [0.15, 0.2) is 42.6 Å². The van der Waals surface area contributed by atoms with E-state index in [1.807, 2.05) is 12.1 Å². The molecular formula is C15H14ClN3O. The lowest BCUT2D eigenvalue weighted by molar-refractivity contribution is -0.118. The van der Waals surface area contributed by atoms with Crippen LogP contribution in [0.5, 0.6) is 0 Å². The first-order valence-corrected chi connectivity index (χ1v) is 6.83. The molecule has 1 aromatic carbocycles. The minimum Gasteiger partial charge on any atom is -0.325 e. The summed E-state index contributed by atoms with van der Waals surface area (Å²) in [5.41, 5.74) is 3.14. The van der Waals surface area contributed by atoms with Crippen molar-refractivity contribution < 1.29 is 4.79 Å². The van der Waals surface area contributed by atoms with E-state index in [2.05, 4.69) is 27.8 Å². The molecule has 1 aliphatic heterocycles. The van der Waals surface area contributed by atoms with Gasteiger partial charge in [-0.2, -0.15) is 0 Å². The van der Waals surface area contributed by atoms with Gasteiger partial charge in [-0.1, -0.05) is 35.9 Å². The maximum absolute atomic E-state index is 12.3. The summed E-state index contributed by atoms with van der Waals surface area (Å²) in [4.78, 5) is 16.1. The molecular weight excluding hydrogens is 274 g/mol. The standard InChI is InChI=1S/C15H14ClN3O/c16-14-8-12(5-6-17-14)19-15(20)13-7-10-3-1-2-4-11(10)9-18-13/h1-6,8,13,18H,7,9H2,(H,17,19,20)/t13-/m0/s1. The molecule has 0 spiro atoms. The number of aromatic nitrogens is 1. The predicted octanol–water partition coefficient (Wildman–Crippen LogP) is 2.39. The predicted molar refractivity (Wildman–Crippen MR) is 78.7 cm³/mol. The van der Waals surface area contributed by atoms with Gasteiger partial charge in [0.25, 0.3) is 0 Å². The van der Waals surface area contributed by atoms with Crippen molar-refractivity contribution in [2.75, 3.05) is 5.32 Å². The summed E-state index contributed by atoms with van der Waals surface area (Å²) in [6, 6.07) is 11.3. The summed E-state index contributed by atoms with van der Waals surface area (Å²) in [5, 5.41) is 6.47. The largest absolute Gasteiger partial charge is 0.325 e. The van der Waals surface area contributed by atoms with Crippen molar-refractivity contribution in [3.8, 4) is 0 Å². The quantitative estimate of drug-likeness (QED) is 0.834. The lowest BCUT2D eigenvalue weighted by Crippen LogP contribution is -2.44. The second-order valence-electron chi connectivity index (χ2n) is 4.76. The average Bonchev–Trinajstić information content (AvgIpc) is 2.47. The zero-order valence-corrected chi connectivity index (χ0v) is 11.5. The minimum atomic E-state index is -0.225. The van der Waals surface area contributed by atoms with Crippen molar-refractivity contribution in [3.05, 3.63) is 58.9 Å². The number of carbonyl (C=O) groups excluding carboxylic acids is 1. The Morgan fingerprint density at radius 2 is 2.10 bits per heavy atom. The number of pyridine rings is 1. The smallest absolute Gasteiger partial charge is 0.241 e. The van der Waals surface area contributed by atoms with Crippen molar-refractivity contribution in [1.82, 2.24) is 10.3 Å². The molecule has 0 bridgehead atoms. The molecule has 3 rings (SSSR count). The second-order valence-corrected chi connectivity index (χ2v) is 5.15. The highest BCUT2D eigenvalue weighted by Crippen LogP contribution is 2.18. The van der Waals surface area contributed by atoms with Crippen LogP contribution in [0.3, 0.4) is 0 Å². The van der Waals surface area contributed by atoms with Crippen LogP contribution >= 0.6 is 11.6 Å². The summed E-state index contributed by atoms with van der Waals surface area (Å²) in [7, 11) is 0. The van der Waals surface area contributed by atoms with Crippen LogP contribution in [-0.4, -0.2) is 16.9 Å². The first kappa shape index (κ1) is 13.1. The van der Waals surface area contributed by atoms with Crippen molar-refractivity contribution in [3.63, 3.8) is 0 Å². The number of amides is 1. The van der Waals surface area contributed by atoms with Gasteiger partial charge in [-0.3, -0.25) is 4.79 Å². The molecule has 1 aliphatic rings. The molecule has 1 amide bonds. The van der Waals surface area contributed by atoms with Gasteiger partial charge in [0.15, 0.2) is 0 Å². The van der Waals surface area contributed by atoms with Crippen molar-refractivity contribution in [2.24, 2.45) is 0 Å². The van der Waals surface area contributed by atoms with Gasteiger partial charge in [-0.25, -0.2) is 4.98 Å². The van der Waals surface area contributed by atoms with E-state index in [0.717, 1.165) is 0 Å². The van der Waals surface area contributed by atoms with Crippen molar-refractivity contribution in [1.29, 1.82) is 0 Å². The van der Waals surface area contributed by atoms with Gasteiger partial charge in [-0.15, -0.1) is 0 Å². The zero-order chi connectivity index (χ0) is 13.9. The third-order valence-corrected chi connectivity index (χ3v) is 3.60. The molecule has 2 N–H and O–H groups in total. The summed E-state index contributed by atoms with van der Waals surface area (Å²) >= 11 is 5.80. The van der Waals surface area contributed by atoms with Crippen molar-refractivity contribution in [2.45, 2.75) is 19.0 Å². The van der Waals surface area contributed by atoms with Crippen LogP contribution in [-0.2, 0) is 17.8 Å². The van der Waals surface area contributed by atoms with E-state index >= 15 is 0 Å². The monoisotopic (exact) mass is 287 g/mol. The molecule has 102 valence electrons. The normalized spacial score (nSPS) is 17.4. The van der Waals surface area contributed by atoms with Crippen LogP contribution in [0, 0.1) is 0 Å². The van der Waals surface area contributed by atoms with Gasteiger partial charge >= 0.3 is 0 Å². The van der Waals surface area contributed by atoms with E-state index in [9.17, 15) is 4.79 Å². The Morgan fingerprint density at radius 3 is 2.90 bits per heavy atom. The van der Waals surface area contributed by atoms with E-state index in [1.165, 1.54) is 11.1 Å². The summed E-state index contributed by atoms with van der Waals surface area (Å²) in [6.45, 7) is 0.714. The second kappa shape index (κ2) is 5.61. The van der Waals surface area contributed by atoms with Gasteiger partial charge in [0.1, 0.15) is 5.15 Å². The first-order valence-electron chi connectivity index (χ1n) is 6.45. The molecule has 1 atom stereocenters. The topological polar surface area (TPSA) is 54.0 Å². The molecule has 20 heavy (non-hydrogen) atoms. The number of rotatable bonds is 2. The van der Waals surface area contributed by atoms with Crippen LogP contribution in [0.4, 0.5) is 5.69 Å². The maximum Gasteiger partial charge on any atom is 0.241 e. The minimum absolute atomic E-state index is 0.0539. The Kier molecular flexibility index (Phi) is 3.67. The zero-order valence-electron chi connectivity index (χ0n) is 10.8. The fourth-order valence-electron chi connectivity index (χ4n) is 2.35.